The van der Waals surface area contributed by atoms with Gasteiger partial charge in [-0.05, 0) is 42.4 Å². The molecule has 3 rings (SSSR count). The van der Waals surface area contributed by atoms with Crippen molar-refractivity contribution in [2.75, 3.05) is 13.4 Å². The Morgan fingerprint density at radius 3 is 2.55 bits per heavy atom. The van der Waals surface area contributed by atoms with Crippen LogP contribution in [-0.2, 0) is 11.8 Å². The number of nitriles is 1. The minimum atomic E-state index is -3.00. The number of nitrogens with zero attached hydrogens (tertiary/aromatic N) is 1. The van der Waals surface area contributed by atoms with Crippen LogP contribution in [0.1, 0.15) is 37.1 Å². The number of methoxy groups -OCH3 is 1. The lowest BCUT2D eigenvalue weighted by molar-refractivity contribution is -0.110. The number of nitrogens with one attached hydrogen (secondary N) is 1. The Bertz CT molecular complexity index is 1120. The Kier molecular flexibility index (Phi) is 6.63. The predicted octanol–water partition coefficient (Wildman–Crippen LogP) is 5.68. The van der Waals surface area contributed by atoms with Gasteiger partial charge in [-0.25, -0.2) is 8.78 Å². The van der Waals surface area contributed by atoms with Gasteiger partial charge >= 0.3 is 0 Å². The first kappa shape index (κ1) is 23.1. The van der Waals surface area contributed by atoms with Crippen molar-refractivity contribution in [3.63, 3.8) is 0 Å². The summed E-state index contributed by atoms with van der Waals surface area (Å²) in [6.07, 6.45) is -1.64. The molecule has 31 heavy (non-hydrogen) atoms. The number of alkyl halides is 2. The molecule has 0 amide bonds. The molecule has 0 radical (unpaired) electrons. The van der Waals surface area contributed by atoms with E-state index >= 15 is 0 Å². The molecule has 0 saturated heterocycles. The fourth-order valence-corrected chi connectivity index (χ4v) is 4.62. The second kappa shape index (κ2) is 8.89. The summed E-state index contributed by atoms with van der Waals surface area (Å²) in [6, 6.07) is 14.9. The molecular formula is C24H26F2N2O2S. The first-order valence-electron chi connectivity index (χ1n) is 9.88. The average molecular weight is 445 g/mol. The Hall–Kier alpha value is -2.56. The van der Waals surface area contributed by atoms with Gasteiger partial charge in [-0.3, -0.25) is 0 Å². The van der Waals surface area contributed by atoms with E-state index in [0.717, 1.165) is 10.5 Å². The summed E-state index contributed by atoms with van der Waals surface area (Å²) in [5, 5.41) is 21.4. The number of rotatable bonds is 8. The van der Waals surface area contributed by atoms with Crippen LogP contribution in [0.3, 0.4) is 0 Å². The van der Waals surface area contributed by atoms with Crippen molar-refractivity contribution in [3.8, 4) is 11.8 Å². The van der Waals surface area contributed by atoms with Crippen LogP contribution in [0.25, 0.3) is 10.9 Å². The summed E-state index contributed by atoms with van der Waals surface area (Å²) in [4.78, 5) is 4.03. The fraction of sp³-hybridized carbons (Fsp3) is 0.375. The maximum atomic E-state index is 14.3. The number of ether oxygens (including phenoxy) is 1. The van der Waals surface area contributed by atoms with Crippen LogP contribution in [0, 0.1) is 11.3 Å². The van der Waals surface area contributed by atoms with Crippen LogP contribution in [0.2, 0.25) is 0 Å². The highest BCUT2D eigenvalue weighted by Crippen LogP contribution is 2.42. The Morgan fingerprint density at radius 1 is 1.23 bits per heavy atom. The monoisotopic (exact) mass is 444 g/mol. The third kappa shape index (κ3) is 4.56. The van der Waals surface area contributed by atoms with Gasteiger partial charge in [-0.15, -0.1) is 11.8 Å². The molecule has 3 aromatic rings. The number of benzene rings is 2. The third-order valence-corrected chi connectivity index (χ3v) is 6.39. The van der Waals surface area contributed by atoms with E-state index in [1.54, 1.807) is 36.0 Å². The Labute approximate surface area is 185 Å². The highest BCUT2D eigenvalue weighted by atomic mass is 32.2. The number of fused-ring (bicyclic) bond motifs is 1. The van der Waals surface area contributed by atoms with Gasteiger partial charge in [0, 0.05) is 33.5 Å². The molecule has 1 unspecified atom stereocenters. The molecule has 2 aromatic carbocycles. The van der Waals surface area contributed by atoms with Gasteiger partial charge < -0.3 is 14.8 Å². The van der Waals surface area contributed by atoms with Crippen molar-refractivity contribution in [2.24, 2.45) is 0 Å². The molecule has 0 aliphatic heterocycles. The number of H-pyrrole nitrogens is 1. The molecule has 0 aliphatic carbocycles. The number of aliphatic hydroxyl groups is 1. The minimum Gasteiger partial charge on any atom is -0.496 e. The van der Waals surface area contributed by atoms with Crippen molar-refractivity contribution < 1.29 is 18.6 Å². The van der Waals surface area contributed by atoms with Crippen molar-refractivity contribution in [3.05, 3.63) is 59.3 Å². The van der Waals surface area contributed by atoms with Crippen LogP contribution in [-0.4, -0.2) is 35.5 Å². The van der Waals surface area contributed by atoms with Crippen molar-refractivity contribution in [1.29, 1.82) is 5.26 Å². The maximum Gasteiger partial charge on any atom is 0.267 e. The first-order chi connectivity index (χ1) is 14.6. The number of hydrogen-bond acceptors (Lipinski definition) is 4. The van der Waals surface area contributed by atoms with E-state index in [1.807, 2.05) is 38.3 Å². The van der Waals surface area contributed by atoms with E-state index in [1.165, 1.54) is 7.11 Å². The topological polar surface area (TPSA) is 69.0 Å². The first-order valence-corrected chi connectivity index (χ1v) is 11.1. The van der Waals surface area contributed by atoms with Crippen LogP contribution < -0.4 is 4.74 Å². The standard InChI is InChI=1S/C24H26F2N2O2S/c1-23(2,18-11-15(31-4)9-10-21(18)30-3)14-24(29,22(25)26)12-20-17(13-27)16-7-5-6-8-19(16)28-20/h5-11,22,28-29H,12,14H2,1-4H3. The molecule has 0 bridgehead atoms. The average Bonchev–Trinajstić information content (AvgIpc) is 3.09. The van der Waals surface area contributed by atoms with Crippen molar-refractivity contribution in [1.82, 2.24) is 4.98 Å². The maximum absolute atomic E-state index is 14.3. The van der Waals surface area contributed by atoms with Crippen LogP contribution in [0.4, 0.5) is 8.78 Å². The fourth-order valence-electron chi connectivity index (χ4n) is 4.18. The summed E-state index contributed by atoms with van der Waals surface area (Å²) >= 11 is 1.55. The van der Waals surface area contributed by atoms with Gasteiger partial charge in [-0.2, -0.15) is 5.26 Å². The highest BCUT2D eigenvalue weighted by molar-refractivity contribution is 7.98. The second-order valence-corrected chi connectivity index (χ2v) is 9.22. The molecule has 7 heteroatoms. The van der Waals surface area contributed by atoms with Crippen LogP contribution in [0.5, 0.6) is 5.75 Å². The number of aromatic nitrogens is 1. The lowest BCUT2D eigenvalue weighted by Crippen LogP contribution is -2.45. The molecule has 2 N–H and O–H groups in total. The van der Waals surface area contributed by atoms with E-state index < -0.39 is 17.4 Å². The molecule has 1 aromatic heterocycles. The van der Waals surface area contributed by atoms with Crippen LogP contribution >= 0.6 is 11.8 Å². The zero-order chi connectivity index (χ0) is 22.8. The normalized spacial score (nSPS) is 13.9. The summed E-state index contributed by atoms with van der Waals surface area (Å²) < 4.78 is 34.0. The number of hydrogen-bond donors (Lipinski definition) is 2. The minimum absolute atomic E-state index is 0.216. The zero-order valence-electron chi connectivity index (χ0n) is 18.0. The molecule has 0 spiro atoms. The van der Waals surface area contributed by atoms with Crippen LogP contribution in [0.15, 0.2) is 47.4 Å². The molecule has 0 saturated carbocycles. The zero-order valence-corrected chi connectivity index (χ0v) is 18.8. The Balaban J connectivity index is 2.02. The SMILES string of the molecule is COc1ccc(SC)cc1C(C)(C)CC(O)(Cc1[nH]c2ccccc2c1C#N)C(F)F. The van der Waals surface area contributed by atoms with Gasteiger partial charge in [0.2, 0.25) is 0 Å². The van der Waals surface area contributed by atoms with Crippen molar-refractivity contribution >= 4 is 22.7 Å². The molecule has 164 valence electrons. The molecule has 1 atom stereocenters. The van der Waals surface area contributed by atoms with E-state index in [0.29, 0.717) is 22.3 Å². The van der Waals surface area contributed by atoms with E-state index in [2.05, 4.69) is 11.1 Å². The molecule has 4 nitrogen and oxygen atoms in total. The third-order valence-electron chi connectivity index (χ3n) is 5.67. The molecular weight excluding hydrogens is 418 g/mol. The summed E-state index contributed by atoms with van der Waals surface area (Å²) in [6.45, 7) is 3.64. The smallest absolute Gasteiger partial charge is 0.267 e. The van der Waals surface area contributed by atoms with E-state index in [-0.39, 0.29) is 18.4 Å². The number of thioether (sulfide) groups is 1. The molecule has 0 aliphatic rings. The van der Waals surface area contributed by atoms with E-state index in [9.17, 15) is 19.1 Å². The predicted molar refractivity (Wildman–Crippen MR) is 120 cm³/mol. The Morgan fingerprint density at radius 2 is 1.94 bits per heavy atom. The number of aromatic amines is 1. The van der Waals surface area contributed by atoms with Gasteiger partial charge in [0.1, 0.15) is 17.4 Å². The van der Waals surface area contributed by atoms with E-state index in [4.69, 9.17) is 4.74 Å². The lowest BCUT2D eigenvalue weighted by atomic mass is 9.73. The largest absolute Gasteiger partial charge is 0.496 e. The summed E-state index contributed by atoms with van der Waals surface area (Å²) in [5.41, 5.74) is -1.13. The van der Waals surface area contributed by atoms with Crippen molar-refractivity contribution in [2.45, 2.75) is 49.0 Å². The highest BCUT2D eigenvalue weighted by Gasteiger charge is 2.44. The quantitative estimate of drug-likeness (QED) is 0.439. The second-order valence-electron chi connectivity index (χ2n) is 8.34. The number of para-hydroxylation sites is 1. The number of halogens is 2. The molecule has 1 heterocycles. The van der Waals surface area contributed by atoms with Gasteiger partial charge in [0.15, 0.2) is 0 Å². The molecule has 0 fully saturated rings. The summed E-state index contributed by atoms with van der Waals surface area (Å²) in [5.74, 6) is 0.586. The van der Waals surface area contributed by atoms with Gasteiger partial charge in [0.25, 0.3) is 6.43 Å². The van der Waals surface area contributed by atoms with Gasteiger partial charge in [-0.1, -0.05) is 32.0 Å². The summed E-state index contributed by atoms with van der Waals surface area (Å²) in [7, 11) is 1.54. The van der Waals surface area contributed by atoms with Gasteiger partial charge in [0.05, 0.1) is 12.7 Å². The lowest BCUT2D eigenvalue weighted by Gasteiger charge is -2.37.